The second-order valence-electron chi connectivity index (χ2n) is 24.9. The molecule has 0 saturated heterocycles. The van der Waals surface area contributed by atoms with Crippen LogP contribution in [0.1, 0.15) is 103 Å². The standard InChI is InChI=1S/C77H60N2OS/c1-47-34-39-61-72(42-47)81-71-33-17-14-28-60(71)76(61)58-26-12-8-22-53(58)54-38-37-52(46-63(54)76)78(50-20-18-21-51(45-50)79-66-30-15-10-23-55(66)56-24-11-16-31-67(56)79)68-32-19-29-62-73(68)57-25-9-13-27-59(57)77(62)64-43-48(74(2,3)4)35-40-69(64)80-70-41-36-49(44-65(70)77)75(5,6)7/h8-46H,1-7H3. The van der Waals surface area contributed by atoms with Gasteiger partial charge in [-0.15, -0.1) is 0 Å². The second kappa shape index (κ2) is 17.1. The first-order valence-electron chi connectivity index (χ1n) is 28.6. The summed E-state index contributed by atoms with van der Waals surface area (Å²) in [4.78, 5) is 5.19. The minimum Gasteiger partial charge on any atom is -0.457 e. The first kappa shape index (κ1) is 48.1. The lowest BCUT2D eigenvalue weighted by atomic mass is 9.64. The van der Waals surface area contributed by atoms with Crippen LogP contribution in [0, 0.1) is 6.92 Å². The Labute approximate surface area is 479 Å². The van der Waals surface area contributed by atoms with E-state index in [1.807, 2.05) is 11.8 Å². The van der Waals surface area contributed by atoms with Crippen molar-refractivity contribution in [1.82, 2.24) is 4.57 Å². The molecule has 2 aliphatic heterocycles. The molecule has 4 aliphatic rings. The molecule has 0 bridgehead atoms. The van der Waals surface area contributed by atoms with Crippen LogP contribution in [-0.2, 0) is 21.7 Å². The first-order chi connectivity index (χ1) is 39.3. The summed E-state index contributed by atoms with van der Waals surface area (Å²) in [5.74, 6) is 1.79. The lowest BCUT2D eigenvalue weighted by Gasteiger charge is -2.41. The fraction of sp³-hybridized carbons (Fsp3) is 0.143. The highest BCUT2D eigenvalue weighted by Crippen LogP contribution is 2.66. The number of benzene rings is 11. The van der Waals surface area contributed by atoms with E-state index in [0.29, 0.717) is 0 Å². The molecule has 0 N–H and O–H groups in total. The van der Waals surface area contributed by atoms with E-state index < -0.39 is 10.8 Å². The third kappa shape index (κ3) is 6.66. The molecule has 1 unspecified atom stereocenters. The Morgan fingerprint density at radius 3 is 1.63 bits per heavy atom. The van der Waals surface area contributed by atoms with Crippen LogP contribution in [0.15, 0.2) is 246 Å². The maximum Gasteiger partial charge on any atom is 0.132 e. The van der Waals surface area contributed by atoms with Gasteiger partial charge < -0.3 is 14.2 Å². The molecule has 2 spiro atoms. The fourth-order valence-electron chi connectivity index (χ4n) is 14.6. The van der Waals surface area contributed by atoms with Crippen molar-refractivity contribution in [3.63, 3.8) is 0 Å². The average molecular weight is 1060 g/mol. The molecule has 4 heteroatoms. The Morgan fingerprint density at radius 2 is 0.938 bits per heavy atom. The molecule has 12 aromatic rings. The van der Waals surface area contributed by atoms with Gasteiger partial charge in [0.1, 0.15) is 11.5 Å². The number of rotatable bonds is 4. The largest absolute Gasteiger partial charge is 0.457 e. The molecule has 11 aromatic carbocycles. The van der Waals surface area contributed by atoms with Crippen molar-refractivity contribution < 1.29 is 4.74 Å². The summed E-state index contributed by atoms with van der Waals surface area (Å²) in [7, 11) is 0. The third-order valence-electron chi connectivity index (χ3n) is 18.3. The summed E-state index contributed by atoms with van der Waals surface area (Å²) in [5, 5.41) is 2.48. The number of fused-ring (bicyclic) bond motifs is 21. The molecule has 0 saturated carbocycles. The number of nitrogens with zero attached hydrogens (tertiary/aromatic N) is 2. The number of hydrogen-bond acceptors (Lipinski definition) is 3. The summed E-state index contributed by atoms with van der Waals surface area (Å²) >= 11 is 1.90. The van der Waals surface area contributed by atoms with Crippen molar-refractivity contribution in [2.75, 3.05) is 4.90 Å². The predicted molar refractivity (Wildman–Crippen MR) is 336 cm³/mol. The Morgan fingerprint density at radius 1 is 0.395 bits per heavy atom. The van der Waals surface area contributed by atoms with E-state index in [-0.39, 0.29) is 10.8 Å². The SMILES string of the molecule is Cc1ccc2c(c1)Sc1ccccc1C21c2ccccc2-c2ccc(N(c3cccc(-n4c5ccccc5c5ccccc54)c3)c3cccc4c3-c3ccccc3C43c4cc(C(C)(C)C)ccc4Oc4ccc(C(C)(C)C)cc43)cc21. The van der Waals surface area contributed by atoms with Crippen molar-refractivity contribution in [3.8, 4) is 39.4 Å². The molecular formula is C77H60N2OS. The lowest BCUT2D eigenvalue weighted by molar-refractivity contribution is 0.433. The Kier molecular flexibility index (Phi) is 10.2. The van der Waals surface area contributed by atoms with Crippen LogP contribution in [-0.4, -0.2) is 4.57 Å². The van der Waals surface area contributed by atoms with Gasteiger partial charge in [-0.2, -0.15) is 0 Å². The van der Waals surface area contributed by atoms with Crippen molar-refractivity contribution in [3.05, 3.63) is 298 Å². The monoisotopic (exact) mass is 1060 g/mol. The van der Waals surface area contributed by atoms with E-state index in [1.54, 1.807) is 0 Å². The van der Waals surface area contributed by atoms with Gasteiger partial charge in [0, 0.05) is 54.3 Å². The molecule has 390 valence electrons. The molecule has 3 nitrogen and oxygen atoms in total. The van der Waals surface area contributed by atoms with Crippen molar-refractivity contribution >= 4 is 50.6 Å². The van der Waals surface area contributed by atoms with Crippen LogP contribution in [0.4, 0.5) is 17.1 Å². The zero-order valence-corrected chi connectivity index (χ0v) is 47.5. The van der Waals surface area contributed by atoms with E-state index in [9.17, 15) is 0 Å². The van der Waals surface area contributed by atoms with Crippen molar-refractivity contribution in [2.24, 2.45) is 0 Å². The summed E-state index contributed by atoms with van der Waals surface area (Å²) in [5.41, 5.74) is 24.2. The van der Waals surface area contributed by atoms with Crippen molar-refractivity contribution in [1.29, 1.82) is 0 Å². The summed E-state index contributed by atoms with van der Waals surface area (Å²) in [6, 6.07) is 90.1. The van der Waals surface area contributed by atoms with E-state index in [4.69, 9.17) is 4.74 Å². The Hall–Kier alpha value is -8.83. The fourth-order valence-corrected chi connectivity index (χ4v) is 15.9. The van der Waals surface area contributed by atoms with Crippen LogP contribution in [0.25, 0.3) is 49.7 Å². The van der Waals surface area contributed by atoms with Gasteiger partial charge in [-0.05, 0) is 169 Å². The predicted octanol–water partition coefficient (Wildman–Crippen LogP) is 20.5. The van der Waals surface area contributed by atoms with E-state index >= 15 is 0 Å². The van der Waals surface area contributed by atoms with Crippen LogP contribution in [0.2, 0.25) is 0 Å². The van der Waals surface area contributed by atoms with Crippen LogP contribution in [0.5, 0.6) is 11.5 Å². The van der Waals surface area contributed by atoms with Gasteiger partial charge in [0.15, 0.2) is 0 Å². The van der Waals surface area contributed by atoms with Crippen molar-refractivity contribution in [2.45, 2.75) is 79.9 Å². The van der Waals surface area contributed by atoms with Gasteiger partial charge >= 0.3 is 0 Å². The van der Waals surface area contributed by atoms with Crippen LogP contribution >= 0.6 is 11.8 Å². The quantitative estimate of drug-likeness (QED) is 0.175. The third-order valence-corrected chi connectivity index (χ3v) is 19.4. The van der Waals surface area contributed by atoms with Crippen LogP contribution in [0.3, 0.4) is 0 Å². The maximum atomic E-state index is 7.12. The molecule has 2 aliphatic carbocycles. The van der Waals surface area contributed by atoms with E-state index in [2.05, 4.69) is 295 Å². The number of hydrogen-bond donors (Lipinski definition) is 0. The zero-order chi connectivity index (χ0) is 54.7. The second-order valence-corrected chi connectivity index (χ2v) is 26.0. The Bertz CT molecular complexity index is 4540. The summed E-state index contributed by atoms with van der Waals surface area (Å²) < 4.78 is 9.57. The zero-order valence-electron chi connectivity index (χ0n) is 46.7. The van der Waals surface area contributed by atoms with Gasteiger partial charge in [0.05, 0.1) is 27.6 Å². The van der Waals surface area contributed by atoms with Gasteiger partial charge in [-0.1, -0.05) is 205 Å². The molecule has 0 amide bonds. The molecular weight excluding hydrogens is 1000 g/mol. The highest BCUT2D eigenvalue weighted by Gasteiger charge is 2.54. The Balaban J connectivity index is 1.02. The van der Waals surface area contributed by atoms with E-state index in [0.717, 1.165) is 34.2 Å². The smallest absolute Gasteiger partial charge is 0.132 e. The minimum absolute atomic E-state index is 0.105. The summed E-state index contributed by atoms with van der Waals surface area (Å²) in [6.07, 6.45) is 0. The molecule has 3 heterocycles. The number of ether oxygens (including phenoxy) is 1. The average Bonchev–Trinajstić information content (AvgIpc) is 4.30. The highest BCUT2D eigenvalue weighted by atomic mass is 32.2. The number of aryl methyl sites for hydroxylation is 1. The molecule has 16 rings (SSSR count). The molecule has 0 fully saturated rings. The van der Waals surface area contributed by atoms with Crippen LogP contribution < -0.4 is 9.64 Å². The number of anilines is 3. The van der Waals surface area contributed by atoms with Gasteiger partial charge in [0.2, 0.25) is 0 Å². The number of para-hydroxylation sites is 2. The molecule has 1 aromatic heterocycles. The normalized spacial score (nSPS) is 15.8. The molecule has 1 atom stereocenters. The maximum absolute atomic E-state index is 7.12. The topological polar surface area (TPSA) is 17.4 Å². The minimum atomic E-state index is -0.710. The first-order valence-corrected chi connectivity index (χ1v) is 29.4. The number of aromatic nitrogens is 1. The van der Waals surface area contributed by atoms with Gasteiger partial charge in [0.25, 0.3) is 0 Å². The van der Waals surface area contributed by atoms with E-state index in [1.165, 1.54) is 115 Å². The lowest BCUT2D eigenvalue weighted by Crippen LogP contribution is -2.33. The summed E-state index contributed by atoms with van der Waals surface area (Å²) in [6.45, 7) is 16.1. The van der Waals surface area contributed by atoms with Gasteiger partial charge in [-0.25, -0.2) is 0 Å². The van der Waals surface area contributed by atoms with Gasteiger partial charge in [-0.3, -0.25) is 0 Å². The molecule has 0 radical (unpaired) electrons. The highest BCUT2D eigenvalue weighted by molar-refractivity contribution is 7.99. The molecule has 81 heavy (non-hydrogen) atoms.